The van der Waals surface area contributed by atoms with E-state index in [4.69, 9.17) is 39.5 Å². The van der Waals surface area contributed by atoms with Crippen LogP contribution >= 0.6 is 34.8 Å². The highest BCUT2D eigenvalue weighted by molar-refractivity contribution is 6.44. The number of rotatable bonds is 2. The molecule has 0 aromatic heterocycles. The van der Waals surface area contributed by atoms with Crippen molar-refractivity contribution >= 4 is 34.8 Å². The first kappa shape index (κ1) is 13.3. The number of halogens is 3. The average molecular weight is 295 g/mol. The van der Waals surface area contributed by atoms with Gasteiger partial charge in [0.15, 0.2) is 0 Å². The molecule has 94 valence electrons. The molecule has 1 heterocycles. The molecule has 0 bridgehead atoms. The Hall–Kier alpha value is -0.150. The van der Waals surface area contributed by atoms with E-state index >= 15 is 0 Å². The van der Waals surface area contributed by atoms with Crippen LogP contribution in [-0.2, 0) is 0 Å². The Morgan fingerprint density at radius 1 is 1.35 bits per heavy atom. The van der Waals surface area contributed by atoms with E-state index in [2.05, 4.69) is 19.2 Å². The van der Waals surface area contributed by atoms with E-state index in [1.807, 2.05) is 0 Å². The number of nitrogens with one attached hydrogen (secondary N) is 1. The predicted molar refractivity (Wildman–Crippen MR) is 72.5 cm³/mol. The van der Waals surface area contributed by atoms with Crippen molar-refractivity contribution in [3.63, 3.8) is 0 Å². The van der Waals surface area contributed by atoms with Gasteiger partial charge in [-0.15, -0.1) is 0 Å². The Labute approximate surface area is 116 Å². The van der Waals surface area contributed by atoms with Crippen molar-refractivity contribution in [1.29, 1.82) is 0 Å². The van der Waals surface area contributed by atoms with E-state index in [9.17, 15) is 0 Å². The summed E-state index contributed by atoms with van der Waals surface area (Å²) >= 11 is 18.5. The van der Waals surface area contributed by atoms with E-state index in [1.54, 1.807) is 6.07 Å². The maximum atomic E-state index is 6.27. The molecule has 17 heavy (non-hydrogen) atoms. The molecule has 1 N–H and O–H groups in total. The van der Waals surface area contributed by atoms with Crippen LogP contribution < -0.4 is 10.1 Å². The highest BCUT2D eigenvalue weighted by Gasteiger charge is 2.32. The third-order valence-corrected chi connectivity index (χ3v) is 4.04. The van der Waals surface area contributed by atoms with Gasteiger partial charge in [0.2, 0.25) is 0 Å². The van der Waals surface area contributed by atoms with Gasteiger partial charge in [-0.25, -0.2) is 0 Å². The van der Waals surface area contributed by atoms with Crippen molar-refractivity contribution in [2.75, 3.05) is 13.2 Å². The fraction of sp³-hybridized carbons (Fsp3) is 0.500. The molecule has 5 heteroatoms. The van der Waals surface area contributed by atoms with Gasteiger partial charge in [0.25, 0.3) is 0 Å². The topological polar surface area (TPSA) is 21.3 Å². The minimum absolute atomic E-state index is 0.132. The molecule has 1 aromatic carbocycles. The van der Waals surface area contributed by atoms with E-state index in [0.717, 1.165) is 12.1 Å². The van der Waals surface area contributed by atoms with Crippen molar-refractivity contribution in [3.8, 4) is 5.75 Å². The van der Waals surface area contributed by atoms with E-state index in [0.29, 0.717) is 33.3 Å². The van der Waals surface area contributed by atoms with Crippen LogP contribution in [-0.4, -0.2) is 13.2 Å². The number of hydrogen-bond acceptors (Lipinski definition) is 2. The van der Waals surface area contributed by atoms with Crippen LogP contribution in [0.5, 0.6) is 5.75 Å². The van der Waals surface area contributed by atoms with Gasteiger partial charge in [-0.05, 0) is 12.6 Å². The first-order valence-corrected chi connectivity index (χ1v) is 6.73. The normalized spacial score (nSPS) is 23.1. The van der Waals surface area contributed by atoms with Gasteiger partial charge in [0.05, 0.1) is 21.7 Å². The minimum Gasteiger partial charge on any atom is -0.491 e. The second-order valence-corrected chi connectivity index (χ2v) is 5.41. The lowest BCUT2D eigenvalue weighted by atomic mass is 9.92. The second-order valence-electron chi connectivity index (χ2n) is 4.22. The molecule has 0 spiro atoms. The Morgan fingerprint density at radius 3 is 2.71 bits per heavy atom. The van der Waals surface area contributed by atoms with Crippen LogP contribution in [0, 0.1) is 5.92 Å². The fourth-order valence-electron chi connectivity index (χ4n) is 2.14. The number of ether oxygens (including phenoxy) is 1. The molecule has 0 radical (unpaired) electrons. The maximum absolute atomic E-state index is 6.27. The van der Waals surface area contributed by atoms with E-state index in [-0.39, 0.29) is 6.04 Å². The van der Waals surface area contributed by atoms with Gasteiger partial charge in [-0.1, -0.05) is 48.7 Å². The molecule has 2 nitrogen and oxygen atoms in total. The van der Waals surface area contributed by atoms with Gasteiger partial charge in [0, 0.05) is 17.5 Å². The first-order chi connectivity index (χ1) is 8.06. The molecule has 1 aromatic rings. The van der Waals surface area contributed by atoms with Gasteiger partial charge in [0.1, 0.15) is 5.75 Å². The number of hydrogen-bond donors (Lipinski definition) is 1. The van der Waals surface area contributed by atoms with Gasteiger partial charge in [-0.2, -0.15) is 0 Å². The van der Waals surface area contributed by atoms with Crippen LogP contribution in [0.4, 0.5) is 0 Å². The van der Waals surface area contributed by atoms with Crippen LogP contribution in [0.15, 0.2) is 6.07 Å². The van der Waals surface area contributed by atoms with Crippen LogP contribution in [0.2, 0.25) is 15.1 Å². The van der Waals surface area contributed by atoms with Gasteiger partial charge < -0.3 is 10.1 Å². The molecule has 0 fully saturated rings. The van der Waals surface area contributed by atoms with Gasteiger partial charge in [-0.3, -0.25) is 0 Å². The zero-order chi connectivity index (χ0) is 12.6. The molecule has 0 aliphatic carbocycles. The molecule has 0 saturated carbocycles. The molecule has 2 rings (SSSR count). The predicted octanol–water partition coefficient (Wildman–Crippen LogP) is 4.33. The quantitative estimate of drug-likeness (QED) is 0.820. The lowest BCUT2D eigenvalue weighted by Crippen LogP contribution is -2.34. The first-order valence-electron chi connectivity index (χ1n) is 5.59. The third-order valence-electron chi connectivity index (χ3n) is 2.96. The highest BCUT2D eigenvalue weighted by Crippen LogP contribution is 2.46. The zero-order valence-electron chi connectivity index (χ0n) is 9.69. The summed E-state index contributed by atoms with van der Waals surface area (Å²) in [4.78, 5) is 0. The largest absolute Gasteiger partial charge is 0.491 e. The SMILES string of the molecule is CCNC1c2c(Cl)c(Cl)cc(Cl)c2OCC1C. The van der Waals surface area contributed by atoms with E-state index < -0.39 is 0 Å². The Bertz CT molecular complexity index is 436. The Kier molecular flexibility index (Phi) is 4.09. The van der Waals surface area contributed by atoms with Crippen LogP contribution in [0.25, 0.3) is 0 Å². The summed E-state index contributed by atoms with van der Waals surface area (Å²) in [6.45, 7) is 5.65. The van der Waals surface area contributed by atoms with Crippen molar-refractivity contribution in [3.05, 3.63) is 26.7 Å². The summed E-state index contributed by atoms with van der Waals surface area (Å²) < 4.78 is 5.66. The lowest BCUT2D eigenvalue weighted by molar-refractivity contribution is 0.190. The van der Waals surface area contributed by atoms with E-state index in [1.165, 1.54) is 0 Å². The number of benzene rings is 1. The molecule has 1 aliphatic rings. The summed E-state index contributed by atoms with van der Waals surface area (Å²) in [5, 5.41) is 4.92. The average Bonchev–Trinajstić information content (AvgIpc) is 2.29. The maximum Gasteiger partial charge on any atom is 0.144 e. The Morgan fingerprint density at radius 2 is 2.06 bits per heavy atom. The molecular weight excluding hydrogens is 280 g/mol. The van der Waals surface area contributed by atoms with Gasteiger partial charge >= 0.3 is 0 Å². The summed E-state index contributed by atoms with van der Waals surface area (Å²) in [6, 6.07) is 1.76. The standard InChI is InChI=1S/C12H14Cl3NO/c1-3-16-11-6(2)5-17-12-8(14)4-7(13)10(15)9(11)12/h4,6,11,16H,3,5H2,1-2H3. The molecule has 0 saturated heterocycles. The summed E-state index contributed by atoms with van der Waals surface area (Å²) in [6.07, 6.45) is 0. The summed E-state index contributed by atoms with van der Waals surface area (Å²) in [7, 11) is 0. The van der Waals surface area contributed by atoms with Crippen molar-refractivity contribution in [1.82, 2.24) is 5.32 Å². The van der Waals surface area contributed by atoms with Crippen molar-refractivity contribution in [2.24, 2.45) is 5.92 Å². The van der Waals surface area contributed by atoms with Crippen LogP contribution in [0.1, 0.15) is 25.5 Å². The molecule has 2 atom stereocenters. The Balaban J connectivity index is 2.56. The molecular formula is C12H14Cl3NO. The monoisotopic (exact) mass is 293 g/mol. The second kappa shape index (κ2) is 5.23. The zero-order valence-corrected chi connectivity index (χ0v) is 12.0. The smallest absolute Gasteiger partial charge is 0.144 e. The van der Waals surface area contributed by atoms with Crippen LogP contribution in [0.3, 0.4) is 0 Å². The minimum atomic E-state index is 0.132. The molecule has 0 amide bonds. The lowest BCUT2D eigenvalue weighted by Gasteiger charge is -2.33. The molecule has 1 aliphatic heterocycles. The summed E-state index contributed by atoms with van der Waals surface area (Å²) in [5.74, 6) is 0.986. The fourth-order valence-corrected chi connectivity index (χ4v) is 2.93. The number of fused-ring (bicyclic) bond motifs is 1. The van der Waals surface area contributed by atoms with Crippen molar-refractivity contribution < 1.29 is 4.74 Å². The third kappa shape index (κ3) is 2.37. The highest BCUT2D eigenvalue weighted by atomic mass is 35.5. The molecule has 2 unspecified atom stereocenters. The van der Waals surface area contributed by atoms with Crippen molar-refractivity contribution in [2.45, 2.75) is 19.9 Å². The summed E-state index contributed by atoms with van der Waals surface area (Å²) in [5.41, 5.74) is 0.879.